The van der Waals surface area contributed by atoms with E-state index in [1.54, 1.807) is 0 Å². The van der Waals surface area contributed by atoms with Gasteiger partial charge in [-0.3, -0.25) is 0 Å². The summed E-state index contributed by atoms with van der Waals surface area (Å²) in [7, 11) is 0. The van der Waals surface area contributed by atoms with E-state index in [-0.39, 0.29) is 0 Å². The van der Waals surface area contributed by atoms with E-state index in [1.165, 1.54) is 16.8 Å². The molecule has 0 aromatic rings. The zero-order valence-corrected chi connectivity index (χ0v) is 6.57. The van der Waals surface area contributed by atoms with Crippen molar-refractivity contribution >= 4 is 0 Å². The fourth-order valence-electron chi connectivity index (χ4n) is 1.10. The predicted octanol–water partition coefficient (Wildman–Crippen LogP) is 0.769. The summed E-state index contributed by atoms with van der Waals surface area (Å²) in [5.41, 5.74) is 9.37. The lowest BCUT2D eigenvalue weighted by molar-refractivity contribution is 0.819. The molecule has 1 aliphatic rings. The summed E-state index contributed by atoms with van der Waals surface area (Å²) < 4.78 is 0. The monoisotopic (exact) mass is 138 g/mol. The van der Waals surface area contributed by atoms with Crippen molar-refractivity contribution in [2.45, 2.75) is 13.8 Å². The van der Waals surface area contributed by atoms with Crippen molar-refractivity contribution in [2.24, 2.45) is 5.73 Å². The third-order valence-corrected chi connectivity index (χ3v) is 1.82. The minimum absolute atomic E-state index is 0.669. The molecule has 1 heterocycles. The molecule has 0 unspecified atom stereocenters. The molecule has 2 heteroatoms. The number of rotatable bonds is 1. The molecule has 0 radical (unpaired) electrons. The van der Waals surface area contributed by atoms with E-state index in [1.807, 2.05) is 0 Å². The first kappa shape index (κ1) is 7.35. The fraction of sp³-hybridized carbons (Fsp3) is 0.500. The van der Waals surface area contributed by atoms with E-state index in [0.29, 0.717) is 6.54 Å². The van der Waals surface area contributed by atoms with Gasteiger partial charge >= 0.3 is 0 Å². The van der Waals surface area contributed by atoms with Gasteiger partial charge in [0.25, 0.3) is 0 Å². The average Bonchev–Trinajstić information content (AvgIpc) is 1.88. The molecule has 0 atom stereocenters. The molecule has 0 bridgehead atoms. The topological polar surface area (TPSA) is 38.0 Å². The lowest BCUT2D eigenvalue weighted by Crippen LogP contribution is -2.23. The normalized spacial score (nSPS) is 18.5. The first-order valence-electron chi connectivity index (χ1n) is 3.55. The first-order valence-corrected chi connectivity index (χ1v) is 3.55. The summed E-state index contributed by atoms with van der Waals surface area (Å²) in [6, 6.07) is 0. The van der Waals surface area contributed by atoms with Crippen LogP contribution in [0.3, 0.4) is 0 Å². The van der Waals surface area contributed by atoms with Crippen molar-refractivity contribution in [2.75, 3.05) is 13.1 Å². The van der Waals surface area contributed by atoms with Crippen LogP contribution in [0.1, 0.15) is 13.8 Å². The van der Waals surface area contributed by atoms with Crippen molar-refractivity contribution in [3.63, 3.8) is 0 Å². The molecule has 0 spiro atoms. The smallest absolute Gasteiger partial charge is 0.0375 e. The van der Waals surface area contributed by atoms with Crippen LogP contribution in [0, 0.1) is 0 Å². The van der Waals surface area contributed by atoms with Gasteiger partial charge in [0.15, 0.2) is 0 Å². The molecule has 0 aliphatic carbocycles. The molecule has 0 aromatic heterocycles. The summed E-state index contributed by atoms with van der Waals surface area (Å²) >= 11 is 0. The van der Waals surface area contributed by atoms with Crippen LogP contribution in [-0.2, 0) is 0 Å². The average molecular weight is 138 g/mol. The second-order valence-corrected chi connectivity index (χ2v) is 2.67. The Kier molecular flexibility index (Phi) is 2.12. The van der Waals surface area contributed by atoms with Gasteiger partial charge < -0.3 is 11.1 Å². The number of nitrogens with one attached hydrogen (secondary N) is 1. The first-order chi connectivity index (χ1) is 4.74. The highest BCUT2D eigenvalue weighted by molar-refractivity contribution is 5.31. The maximum atomic E-state index is 5.51. The molecule has 2 nitrogen and oxygen atoms in total. The van der Waals surface area contributed by atoms with Crippen LogP contribution in [0.5, 0.6) is 0 Å². The molecule has 0 fully saturated rings. The number of allylic oxidation sites excluding steroid dienone is 3. The Morgan fingerprint density at radius 1 is 1.60 bits per heavy atom. The summed E-state index contributed by atoms with van der Waals surface area (Å²) in [6.07, 6.45) is 2.13. The van der Waals surface area contributed by atoms with E-state index in [4.69, 9.17) is 5.73 Å². The number of dihydropyridines is 1. The van der Waals surface area contributed by atoms with Crippen molar-refractivity contribution in [3.05, 3.63) is 22.9 Å². The fourth-order valence-corrected chi connectivity index (χ4v) is 1.10. The summed E-state index contributed by atoms with van der Waals surface area (Å²) in [5.74, 6) is 0. The molecule has 3 N–H and O–H groups in total. The van der Waals surface area contributed by atoms with Crippen LogP contribution in [0.25, 0.3) is 0 Å². The van der Waals surface area contributed by atoms with Gasteiger partial charge in [0.05, 0.1) is 0 Å². The summed E-state index contributed by atoms with van der Waals surface area (Å²) in [6.45, 7) is 5.76. The van der Waals surface area contributed by atoms with Crippen molar-refractivity contribution in [3.8, 4) is 0 Å². The SMILES string of the molecule is CC1=CC(C)=C(CN)CN1. The van der Waals surface area contributed by atoms with Crippen LogP contribution in [0.2, 0.25) is 0 Å². The van der Waals surface area contributed by atoms with Gasteiger partial charge in [0.2, 0.25) is 0 Å². The number of hydrogen-bond donors (Lipinski definition) is 2. The van der Waals surface area contributed by atoms with E-state index >= 15 is 0 Å². The van der Waals surface area contributed by atoms with Crippen LogP contribution < -0.4 is 11.1 Å². The summed E-state index contributed by atoms with van der Waals surface area (Å²) in [5, 5.41) is 3.24. The Bertz CT molecular complexity index is 189. The van der Waals surface area contributed by atoms with Crippen LogP contribution in [0.4, 0.5) is 0 Å². The molecular formula is C8H14N2. The Morgan fingerprint density at radius 3 is 2.80 bits per heavy atom. The predicted molar refractivity (Wildman–Crippen MR) is 43.5 cm³/mol. The molecule has 0 aromatic carbocycles. The highest BCUT2D eigenvalue weighted by Crippen LogP contribution is 2.10. The zero-order chi connectivity index (χ0) is 7.56. The van der Waals surface area contributed by atoms with Crippen LogP contribution >= 0.6 is 0 Å². The van der Waals surface area contributed by atoms with Gasteiger partial charge in [-0.25, -0.2) is 0 Å². The Balaban J connectivity index is 2.80. The van der Waals surface area contributed by atoms with Crippen LogP contribution in [-0.4, -0.2) is 13.1 Å². The summed E-state index contributed by atoms with van der Waals surface area (Å²) in [4.78, 5) is 0. The Labute approximate surface area is 61.8 Å². The Hall–Kier alpha value is -0.760. The third kappa shape index (κ3) is 1.39. The third-order valence-electron chi connectivity index (χ3n) is 1.82. The Morgan fingerprint density at radius 2 is 2.30 bits per heavy atom. The molecule has 56 valence electrons. The molecule has 10 heavy (non-hydrogen) atoms. The standard InChI is InChI=1S/C8H14N2/c1-6-3-7(2)10-5-8(6)4-9/h3,10H,4-5,9H2,1-2H3. The van der Waals surface area contributed by atoms with Crippen molar-refractivity contribution in [1.82, 2.24) is 5.32 Å². The lowest BCUT2D eigenvalue weighted by Gasteiger charge is -2.16. The largest absolute Gasteiger partial charge is 0.385 e. The van der Waals surface area contributed by atoms with E-state index in [9.17, 15) is 0 Å². The van der Waals surface area contributed by atoms with Gasteiger partial charge in [-0.1, -0.05) is 0 Å². The van der Waals surface area contributed by atoms with Crippen molar-refractivity contribution in [1.29, 1.82) is 0 Å². The van der Waals surface area contributed by atoms with E-state index in [2.05, 4.69) is 25.2 Å². The van der Waals surface area contributed by atoms with Crippen molar-refractivity contribution < 1.29 is 0 Å². The molecular weight excluding hydrogens is 124 g/mol. The molecule has 1 rings (SSSR count). The van der Waals surface area contributed by atoms with Crippen LogP contribution in [0.15, 0.2) is 22.9 Å². The molecule has 0 amide bonds. The highest BCUT2D eigenvalue weighted by atomic mass is 14.9. The van der Waals surface area contributed by atoms with Gasteiger partial charge in [-0.05, 0) is 31.1 Å². The molecule has 0 saturated heterocycles. The quantitative estimate of drug-likeness (QED) is 0.561. The number of nitrogens with two attached hydrogens (primary N) is 1. The van der Waals surface area contributed by atoms with Gasteiger partial charge in [-0.15, -0.1) is 0 Å². The maximum Gasteiger partial charge on any atom is 0.0375 e. The minimum atomic E-state index is 0.669. The lowest BCUT2D eigenvalue weighted by atomic mass is 10.1. The zero-order valence-electron chi connectivity index (χ0n) is 6.57. The maximum absolute atomic E-state index is 5.51. The highest BCUT2D eigenvalue weighted by Gasteiger charge is 2.03. The van der Waals surface area contributed by atoms with Gasteiger partial charge in [0, 0.05) is 18.8 Å². The van der Waals surface area contributed by atoms with Gasteiger partial charge in [0.1, 0.15) is 0 Å². The second-order valence-electron chi connectivity index (χ2n) is 2.67. The minimum Gasteiger partial charge on any atom is -0.385 e. The number of hydrogen-bond acceptors (Lipinski definition) is 2. The van der Waals surface area contributed by atoms with E-state index < -0.39 is 0 Å². The molecule has 1 aliphatic heterocycles. The van der Waals surface area contributed by atoms with Gasteiger partial charge in [-0.2, -0.15) is 0 Å². The van der Waals surface area contributed by atoms with E-state index in [0.717, 1.165) is 6.54 Å². The molecule has 0 saturated carbocycles. The second kappa shape index (κ2) is 2.88.